The number of fused-ring (bicyclic) bond motifs is 1. The minimum Gasteiger partial charge on any atom is -0.490 e. The lowest BCUT2D eigenvalue weighted by Crippen LogP contribution is -2.33. The number of ether oxygens (including phenoxy) is 1. The Kier molecular flexibility index (Phi) is 4.44. The number of nitrogens with zero attached hydrogens (tertiary/aromatic N) is 1. The van der Waals surface area contributed by atoms with Crippen molar-refractivity contribution in [3.63, 3.8) is 0 Å². The topological polar surface area (TPSA) is 44.7 Å². The smallest absolute Gasteiger partial charge is 0.142 e. The Bertz CT molecular complexity index is 395. The molecule has 4 heteroatoms. The quantitative estimate of drug-likeness (QED) is 0.828. The molecule has 1 aromatic carbocycles. The van der Waals surface area contributed by atoms with Crippen molar-refractivity contribution >= 4 is 5.69 Å². The highest BCUT2D eigenvalue weighted by molar-refractivity contribution is 5.59. The first-order valence-electron chi connectivity index (χ1n) is 6.51. The maximum atomic E-state index is 8.94. The SMILES string of the molecule is CC(Cc1ccc2c(c1)NCCO2)N(C)CCO. The maximum Gasteiger partial charge on any atom is 0.142 e. The van der Waals surface area contributed by atoms with Gasteiger partial charge in [0.25, 0.3) is 0 Å². The lowest BCUT2D eigenvalue weighted by Gasteiger charge is -2.25. The first kappa shape index (κ1) is 13.2. The van der Waals surface area contributed by atoms with Gasteiger partial charge in [0.1, 0.15) is 12.4 Å². The average molecular weight is 250 g/mol. The Labute approximate surface area is 109 Å². The van der Waals surface area contributed by atoms with E-state index >= 15 is 0 Å². The molecule has 2 rings (SSSR count). The number of anilines is 1. The standard InChI is InChI=1S/C14H22N2O2/c1-11(16(2)6-7-17)9-12-3-4-14-13(10-12)15-5-8-18-14/h3-4,10-11,15,17H,5-9H2,1-2H3. The van der Waals surface area contributed by atoms with E-state index in [-0.39, 0.29) is 6.61 Å². The van der Waals surface area contributed by atoms with Crippen LogP contribution in [0.25, 0.3) is 0 Å². The van der Waals surface area contributed by atoms with Crippen molar-refractivity contribution in [3.8, 4) is 5.75 Å². The molecule has 0 saturated carbocycles. The Morgan fingerprint density at radius 2 is 2.33 bits per heavy atom. The molecule has 1 aliphatic rings. The average Bonchev–Trinajstić information content (AvgIpc) is 2.39. The van der Waals surface area contributed by atoms with Gasteiger partial charge in [-0.3, -0.25) is 0 Å². The fourth-order valence-corrected chi connectivity index (χ4v) is 2.19. The van der Waals surface area contributed by atoms with E-state index in [2.05, 4.69) is 29.3 Å². The van der Waals surface area contributed by atoms with E-state index in [1.807, 2.05) is 13.1 Å². The van der Waals surface area contributed by atoms with Gasteiger partial charge in [-0.15, -0.1) is 0 Å². The number of nitrogens with one attached hydrogen (secondary N) is 1. The summed E-state index contributed by atoms with van der Waals surface area (Å²) in [6.07, 6.45) is 0.978. The molecule has 1 atom stereocenters. The number of hydrogen-bond donors (Lipinski definition) is 2. The molecule has 100 valence electrons. The van der Waals surface area contributed by atoms with Crippen LogP contribution >= 0.6 is 0 Å². The molecular formula is C14H22N2O2. The van der Waals surface area contributed by atoms with Crippen LogP contribution in [0.3, 0.4) is 0 Å². The Balaban J connectivity index is 2.01. The second kappa shape index (κ2) is 6.07. The van der Waals surface area contributed by atoms with Crippen molar-refractivity contribution in [2.75, 3.05) is 38.7 Å². The van der Waals surface area contributed by atoms with Crippen LogP contribution in [0, 0.1) is 0 Å². The van der Waals surface area contributed by atoms with Gasteiger partial charge in [0.05, 0.1) is 12.3 Å². The van der Waals surface area contributed by atoms with Gasteiger partial charge in [0, 0.05) is 19.1 Å². The van der Waals surface area contributed by atoms with Crippen molar-refractivity contribution < 1.29 is 9.84 Å². The van der Waals surface area contributed by atoms with Gasteiger partial charge in [-0.05, 0) is 38.1 Å². The van der Waals surface area contributed by atoms with Crippen LogP contribution in [0.4, 0.5) is 5.69 Å². The third-order valence-corrected chi connectivity index (χ3v) is 3.46. The van der Waals surface area contributed by atoms with E-state index in [1.165, 1.54) is 5.56 Å². The summed E-state index contributed by atoms with van der Waals surface area (Å²) >= 11 is 0. The van der Waals surface area contributed by atoms with Gasteiger partial charge in [-0.2, -0.15) is 0 Å². The number of aliphatic hydroxyl groups is 1. The molecule has 0 saturated heterocycles. The van der Waals surface area contributed by atoms with E-state index in [4.69, 9.17) is 9.84 Å². The van der Waals surface area contributed by atoms with Gasteiger partial charge in [0.2, 0.25) is 0 Å². The molecule has 4 nitrogen and oxygen atoms in total. The molecule has 0 fully saturated rings. The van der Waals surface area contributed by atoms with E-state index in [1.54, 1.807) is 0 Å². The molecule has 0 radical (unpaired) electrons. The molecule has 0 aromatic heterocycles. The molecular weight excluding hydrogens is 228 g/mol. The molecule has 1 unspecified atom stereocenters. The van der Waals surface area contributed by atoms with E-state index in [0.717, 1.165) is 31.0 Å². The highest BCUT2D eigenvalue weighted by Gasteiger charge is 2.13. The fraction of sp³-hybridized carbons (Fsp3) is 0.571. The van der Waals surface area contributed by atoms with Crippen LogP contribution in [0.2, 0.25) is 0 Å². The summed E-state index contributed by atoms with van der Waals surface area (Å²) in [5.41, 5.74) is 2.39. The van der Waals surface area contributed by atoms with Crippen LogP contribution < -0.4 is 10.1 Å². The lowest BCUT2D eigenvalue weighted by molar-refractivity contribution is 0.187. The molecule has 1 aromatic rings. The third-order valence-electron chi connectivity index (χ3n) is 3.46. The summed E-state index contributed by atoms with van der Waals surface area (Å²) in [6.45, 7) is 4.71. The van der Waals surface area contributed by atoms with Gasteiger partial charge in [-0.1, -0.05) is 6.07 Å². The molecule has 0 bridgehead atoms. The van der Waals surface area contributed by atoms with Crippen molar-refractivity contribution in [1.29, 1.82) is 0 Å². The van der Waals surface area contributed by atoms with Gasteiger partial charge >= 0.3 is 0 Å². The highest BCUT2D eigenvalue weighted by Crippen LogP contribution is 2.28. The number of rotatable bonds is 5. The van der Waals surface area contributed by atoms with Crippen LogP contribution in [0.1, 0.15) is 12.5 Å². The highest BCUT2D eigenvalue weighted by atomic mass is 16.5. The zero-order chi connectivity index (χ0) is 13.0. The van der Waals surface area contributed by atoms with Gasteiger partial charge in [0.15, 0.2) is 0 Å². The Morgan fingerprint density at radius 1 is 1.50 bits per heavy atom. The van der Waals surface area contributed by atoms with Gasteiger partial charge in [-0.25, -0.2) is 0 Å². The summed E-state index contributed by atoms with van der Waals surface area (Å²) in [5.74, 6) is 0.946. The lowest BCUT2D eigenvalue weighted by atomic mass is 10.0. The number of likely N-dealkylation sites (N-methyl/N-ethyl adjacent to an activating group) is 1. The van der Waals surface area contributed by atoms with Crippen LogP contribution in [-0.4, -0.2) is 49.4 Å². The fourth-order valence-electron chi connectivity index (χ4n) is 2.19. The van der Waals surface area contributed by atoms with E-state index < -0.39 is 0 Å². The molecule has 1 heterocycles. The van der Waals surface area contributed by atoms with Crippen molar-refractivity contribution in [3.05, 3.63) is 23.8 Å². The van der Waals surface area contributed by atoms with Crippen molar-refractivity contribution in [2.24, 2.45) is 0 Å². The van der Waals surface area contributed by atoms with Crippen LogP contribution in [0.15, 0.2) is 18.2 Å². The third kappa shape index (κ3) is 3.15. The Morgan fingerprint density at radius 3 is 3.11 bits per heavy atom. The number of hydrogen-bond acceptors (Lipinski definition) is 4. The maximum absolute atomic E-state index is 8.94. The van der Waals surface area contributed by atoms with Crippen molar-refractivity contribution in [2.45, 2.75) is 19.4 Å². The number of benzene rings is 1. The minimum atomic E-state index is 0.209. The monoisotopic (exact) mass is 250 g/mol. The molecule has 0 spiro atoms. The van der Waals surface area contributed by atoms with Crippen LogP contribution in [-0.2, 0) is 6.42 Å². The first-order valence-corrected chi connectivity index (χ1v) is 6.51. The van der Waals surface area contributed by atoms with E-state index in [9.17, 15) is 0 Å². The molecule has 1 aliphatic heterocycles. The summed E-state index contributed by atoms with van der Waals surface area (Å²) in [7, 11) is 2.04. The first-order chi connectivity index (χ1) is 8.70. The molecule has 0 amide bonds. The minimum absolute atomic E-state index is 0.209. The van der Waals surface area contributed by atoms with E-state index in [0.29, 0.717) is 12.6 Å². The van der Waals surface area contributed by atoms with Crippen molar-refractivity contribution in [1.82, 2.24) is 4.90 Å². The predicted molar refractivity (Wildman–Crippen MR) is 73.3 cm³/mol. The summed E-state index contributed by atoms with van der Waals surface area (Å²) in [6, 6.07) is 6.74. The van der Waals surface area contributed by atoms with Crippen LogP contribution in [0.5, 0.6) is 5.75 Å². The zero-order valence-electron chi connectivity index (χ0n) is 11.1. The second-order valence-electron chi connectivity index (χ2n) is 4.86. The number of aliphatic hydroxyl groups excluding tert-OH is 1. The molecule has 2 N–H and O–H groups in total. The molecule has 0 aliphatic carbocycles. The second-order valence-corrected chi connectivity index (χ2v) is 4.86. The Hall–Kier alpha value is -1.26. The zero-order valence-corrected chi connectivity index (χ0v) is 11.1. The predicted octanol–water partition coefficient (Wildman–Crippen LogP) is 1.35. The normalized spacial score (nSPS) is 15.8. The summed E-state index contributed by atoms with van der Waals surface area (Å²) < 4.78 is 5.56. The molecule has 18 heavy (non-hydrogen) atoms. The summed E-state index contributed by atoms with van der Waals surface area (Å²) in [4.78, 5) is 2.17. The summed E-state index contributed by atoms with van der Waals surface area (Å²) in [5, 5.41) is 12.3. The largest absolute Gasteiger partial charge is 0.490 e. The van der Waals surface area contributed by atoms with Gasteiger partial charge < -0.3 is 20.1 Å².